The zero-order valence-corrected chi connectivity index (χ0v) is 12.9. The second-order valence-corrected chi connectivity index (χ2v) is 5.71. The zero-order valence-electron chi connectivity index (χ0n) is 11.4. The molecule has 1 atom stereocenters. The largest absolute Gasteiger partial charge is 0.375 e. The third kappa shape index (κ3) is 4.35. The van der Waals surface area contributed by atoms with Gasteiger partial charge in [-0.25, -0.2) is 0 Å². The van der Waals surface area contributed by atoms with Crippen molar-refractivity contribution in [3.63, 3.8) is 0 Å². The molecule has 0 spiro atoms. The number of hydrogen-bond donors (Lipinski definition) is 1. The van der Waals surface area contributed by atoms with Gasteiger partial charge in [-0.1, -0.05) is 29.3 Å². The van der Waals surface area contributed by atoms with Crippen molar-refractivity contribution in [1.29, 1.82) is 0 Å². The minimum absolute atomic E-state index is 0.0347. The van der Waals surface area contributed by atoms with Crippen molar-refractivity contribution in [2.45, 2.75) is 19.1 Å². The summed E-state index contributed by atoms with van der Waals surface area (Å²) >= 11 is 11.8. The second-order valence-electron chi connectivity index (χ2n) is 4.90. The predicted molar refractivity (Wildman–Crippen MR) is 80.2 cm³/mol. The van der Waals surface area contributed by atoms with E-state index in [9.17, 15) is 4.79 Å². The fourth-order valence-electron chi connectivity index (χ4n) is 2.10. The van der Waals surface area contributed by atoms with E-state index in [1.165, 1.54) is 0 Å². The van der Waals surface area contributed by atoms with Crippen molar-refractivity contribution >= 4 is 29.1 Å². The van der Waals surface area contributed by atoms with E-state index in [2.05, 4.69) is 5.32 Å². The highest BCUT2D eigenvalue weighted by Gasteiger charge is 2.19. The first-order valence-corrected chi connectivity index (χ1v) is 7.32. The van der Waals surface area contributed by atoms with Crippen LogP contribution in [0.15, 0.2) is 18.2 Å². The van der Waals surface area contributed by atoms with E-state index in [1.807, 2.05) is 6.07 Å². The van der Waals surface area contributed by atoms with E-state index in [1.54, 1.807) is 24.1 Å². The first-order valence-electron chi connectivity index (χ1n) is 6.56. The summed E-state index contributed by atoms with van der Waals surface area (Å²) in [5.74, 6) is 0.0600. The van der Waals surface area contributed by atoms with Crippen molar-refractivity contribution in [2.75, 3.05) is 26.7 Å². The highest BCUT2D eigenvalue weighted by molar-refractivity contribution is 6.42. The summed E-state index contributed by atoms with van der Waals surface area (Å²) in [5, 5.41) is 4.24. The number of hydrogen-bond acceptors (Lipinski definition) is 3. The van der Waals surface area contributed by atoms with Gasteiger partial charge in [0.05, 0.1) is 29.2 Å². The molecule has 1 heterocycles. The molecule has 1 aromatic rings. The van der Waals surface area contributed by atoms with Crippen LogP contribution in [0.4, 0.5) is 0 Å². The lowest BCUT2D eigenvalue weighted by molar-refractivity contribution is -0.133. The van der Waals surface area contributed by atoms with Crippen molar-refractivity contribution in [3.05, 3.63) is 33.8 Å². The molecule has 1 unspecified atom stereocenters. The molecular weight excluding hydrogens is 299 g/mol. The Balaban J connectivity index is 1.88. The molecule has 1 aromatic carbocycles. The quantitative estimate of drug-likeness (QED) is 0.927. The Morgan fingerprint density at radius 1 is 1.45 bits per heavy atom. The predicted octanol–water partition coefficient (Wildman–Crippen LogP) is 2.33. The van der Waals surface area contributed by atoms with Gasteiger partial charge in [0, 0.05) is 26.7 Å². The topological polar surface area (TPSA) is 41.6 Å². The van der Waals surface area contributed by atoms with Gasteiger partial charge >= 0.3 is 0 Å². The lowest BCUT2D eigenvalue weighted by Crippen LogP contribution is -2.41. The number of morpholine rings is 1. The molecule has 1 amide bonds. The van der Waals surface area contributed by atoms with Gasteiger partial charge < -0.3 is 15.0 Å². The molecule has 0 aliphatic carbocycles. The number of halogens is 2. The van der Waals surface area contributed by atoms with Crippen molar-refractivity contribution in [1.82, 2.24) is 10.2 Å². The lowest BCUT2D eigenvalue weighted by Gasteiger charge is -2.25. The standard InChI is InChI=1S/C14H18Cl2N2O2/c1-18(9-10-2-3-12(15)13(16)6-10)14(19)7-11-8-17-4-5-20-11/h2-3,6,11,17H,4-5,7-9H2,1H3. The molecule has 1 N–H and O–H groups in total. The molecule has 0 radical (unpaired) electrons. The smallest absolute Gasteiger partial charge is 0.225 e. The molecule has 1 fully saturated rings. The molecule has 20 heavy (non-hydrogen) atoms. The minimum atomic E-state index is -0.0347. The number of ether oxygens (including phenoxy) is 1. The third-order valence-corrected chi connectivity index (χ3v) is 3.98. The molecule has 1 aliphatic rings. The Bertz CT molecular complexity index is 476. The van der Waals surface area contributed by atoms with E-state index in [-0.39, 0.29) is 12.0 Å². The Hall–Kier alpha value is -0.810. The van der Waals surface area contributed by atoms with Gasteiger partial charge in [0.25, 0.3) is 0 Å². The van der Waals surface area contributed by atoms with Gasteiger partial charge in [0.15, 0.2) is 0 Å². The second kappa shape index (κ2) is 7.27. The van der Waals surface area contributed by atoms with E-state index < -0.39 is 0 Å². The summed E-state index contributed by atoms with van der Waals surface area (Å²) in [6.07, 6.45) is 0.359. The van der Waals surface area contributed by atoms with Crippen LogP contribution in [0.2, 0.25) is 10.0 Å². The van der Waals surface area contributed by atoms with Crippen LogP contribution in [0.3, 0.4) is 0 Å². The molecule has 6 heteroatoms. The maximum absolute atomic E-state index is 12.1. The molecule has 4 nitrogen and oxygen atoms in total. The van der Waals surface area contributed by atoms with Crippen LogP contribution < -0.4 is 5.32 Å². The average molecular weight is 317 g/mol. The Labute approximate surface area is 129 Å². The van der Waals surface area contributed by atoms with Crippen LogP contribution in [-0.4, -0.2) is 43.7 Å². The van der Waals surface area contributed by atoms with Gasteiger partial charge in [-0.3, -0.25) is 4.79 Å². The van der Waals surface area contributed by atoms with Crippen LogP contribution in [0.25, 0.3) is 0 Å². The van der Waals surface area contributed by atoms with Crippen molar-refractivity contribution < 1.29 is 9.53 Å². The van der Waals surface area contributed by atoms with Gasteiger partial charge in [0.2, 0.25) is 5.91 Å². The van der Waals surface area contributed by atoms with Crippen LogP contribution >= 0.6 is 23.2 Å². The first kappa shape index (κ1) is 15.6. The van der Waals surface area contributed by atoms with Gasteiger partial charge in [-0.15, -0.1) is 0 Å². The van der Waals surface area contributed by atoms with Gasteiger partial charge in [0.1, 0.15) is 0 Å². The fraction of sp³-hybridized carbons (Fsp3) is 0.500. The highest BCUT2D eigenvalue weighted by Crippen LogP contribution is 2.23. The van der Waals surface area contributed by atoms with Crippen LogP contribution in [0, 0.1) is 0 Å². The van der Waals surface area contributed by atoms with E-state index in [0.29, 0.717) is 29.6 Å². The number of benzene rings is 1. The normalized spacial score (nSPS) is 18.9. The molecule has 0 aromatic heterocycles. The van der Waals surface area contributed by atoms with Gasteiger partial charge in [-0.2, -0.15) is 0 Å². The van der Waals surface area contributed by atoms with Crippen LogP contribution in [0.5, 0.6) is 0 Å². The van der Waals surface area contributed by atoms with Crippen molar-refractivity contribution in [2.24, 2.45) is 0 Å². The van der Waals surface area contributed by atoms with Crippen molar-refractivity contribution in [3.8, 4) is 0 Å². The number of carbonyl (C=O) groups excluding carboxylic acids is 1. The van der Waals surface area contributed by atoms with Crippen LogP contribution in [-0.2, 0) is 16.1 Å². The van der Waals surface area contributed by atoms with Crippen LogP contribution in [0.1, 0.15) is 12.0 Å². The number of carbonyl (C=O) groups is 1. The number of amides is 1. The maximum atomic E-state index is 12.1. The van der Waals surface area contributed by atoms with E-state index in [4.69, 9.17) is 27.9 Å². The summed E-state index contributed by atoms with van der Waals surface area (Å²) in [4.78, 5) is 13.8. The molecule has 1 aliphatic heterocycles. The molecular formula is C14H18Cl2N2O2. The molecule has 110 valence electrons. The number of rotatable bonds is 4. The third-order valence-electron chi connectivity index (χ3n) is 3.24. The van der Waals surface area contributed by atoms with Gasteiger partial charge in [-0.05, 0) is 17.7 Å². The average Bonchev–Trinajstić information content (AvgIpc) is 2.44. The summed E-state index contributed by atoms with van der Waals surface area (Å²) in [5.41, 5.74) is 0.956. The molecule has 0 saturated carbocycles. The molecule has 1 saturated heterocycles. The number of nitrogens with one attached hydrogen (secondary N) is 1. The van der Waals surface area contributed by atoms with E-state index >= 15 is 0 Å². The Morgan fingerprint density at radius 3 is 2.90 bits per heavy atom. The summed E-state index contributed by atoms with van der Waals surface area (Å²) in [7, 11) is 1.78. The SMILES string of the molecule is CN(Cc1ccc(Cl)c(Cl)c1)C(=O)CC1CNCCO1. The highest BCUT2D eigenvalue weighted by atomic mass is 35.5. The first-order chi connectivity index (χ1) is 9.56. The zero-order chi connectivity index (χ0) is 14.5. The summed E-state index contributed by atoms with van der Waals surface area (Å²) in [6.45, 7) is 2.75. The maximum Gasteiger partial charge on any atom is 0.225 e. The molecule has 2 rings (SSSR count). The van der Waals surface area contributed by atoms with E-state index in [0.717, 1.165) is 18.7 Å². The fourth-order valence-corrected chi connectivity index (χ4v) is 2.42. The monoisotopic (exact) mass is 316 g/mol. The summed E-state index contributed by atoms with van der Waals surface area (Å²) in [6, 6.07) is 5.40. The Morgan fingerprint density at radius 2 is 2.25 bits per heavy atom. The molecule has 0 bridgehead atoms. The Kier molecular flexibility index (Phi) is 5.66. The minimum Gasteiger partial charge on any atom is -0.375 e. The summed E-state index contributed by atoms with van der Waals surface area (Å²) < 4.78 is 5.54. The lowest BCUT2D eigenvalue weighted by atomic mass is 10.2. The number of nitrogens with zero attached hydrogens (tertiary/aromatic N) is 1.